The van der Waals surface area contributed by atoms with Gasteiger partial charge in [-0.05, 0) is 65.8 Å². The quantitative estimate of drug-likeness (QED) is 0.513. The average Bonchev–Trinajstić information content (AvgIpc) is 3.23. The normalized spacial score (nSPS) is 17.9. The summed E-state index contributed by atoms with van der Waals surface area (Å²) in [7, 11) is 0. The topological polar surface area (TPSA) is 101 Å². The average molecular weight is 482 g/mol. The smallest absolute Gasteiger partial charge is 0.421 e. The molecule has 2 heterocycles. The Balaban J connectivity index is 1.97. The Labute approximate surface area is 202 Å². The van der Waals surface area contributed by atoms with E-state index in [0.717, 1.165) is 4.90 Å². The van der Waals surface area contributed by atoms with E-state index in [1.165, 1.54) is 24.4 Å². The molecule has 0 saturated heterocycles. The predicted molar refractivity (Wildman–Crippen MR) is 129 cm³/mol. The highest BCUT2D eigenvalue weighted by molar-refractivity contribution is 6.23. The monoisotopic (exact) mass is 481 g/mol. The zero-order valence-electron chi connectivity index (χ0n) is 20.5. The van der Waals surface area contributed by atoms with Crippen molar-refractivity contribution in [1.82, 2.24) is 10.3 Å². The van der Waals surface area contributed by atoms with E-state index in [1.54, 1.807) is 65.8 Å². The highest BCUT2D eigenvalue weighted by Gasteiger charge is 2.57. The summed E-state index contributed by atoms with van der Waals surface area (Å²) >= 11 is 0. The number of hydrogen-bond acceptors (Lipinski definition) is 5. The van der Waals surface area contributed by atoms with Crippen molar-refractivity contribution in [3.8, 4) is 0 Å². The van der Waals surface area contributed by atoms with Crippen LogP contribution in [0.1, 0.15) is 52.7 Å². The Kier molecular flexibility index (Phi) is 5.62. The van der Waals surface area contributed by atoms with Crippen molar-refractivity contribution < 1.29 is 28.2 Å². The van der Waals surface area contributed by atoms with Crippen LogP contribution >= 0.6 is 0 Å². The van der Waals surface area contributed by atoms with Crippen LogP contribution in [0.5, 0.6) is 0 Å². The molecule has 0 saturated carbocycles. The lowest BCUT2D eigenvalue weighted by Crippen LogP contribution is -2.56. The van der Waals surface area contributed by atoms with Crippen LogP contribution in [0.15, 0.2) is 48.7 Å². The number of amides is 3. The number of aromatic nitrogens is 1. The van der Waals surface area contributed by atoms with Crippen molar-refractivity contribution in [3.05, 3.63) is 65.6 Å². The second-order valence-corrected chi connectivity index (χ2v) is 10.4. The molecule has 3 aromatic rings. The molecule has 0 radical (unpaired) electrons. The van der Waals surface area contributed by atoms with Crippen LogP contribution in [0.25, 0.3) is 10.9 Å². The van der Waals surface area contributed by atoms with Crippen molar-refractivity contribution >= 4 is 34.7 Å². The number of anilines is 1. The molecule has 2 aromatic carbocycles. The number of H-pyrrole nitrogens is 1. The molecule has 8 nitrogen and oxygen atoms in total. The fraction of sp³-hybridized carbons (Fsp3) is 0.346. The zero-order valence-corrected chi connectivity index (χ0v) is 20.5. The summed E-state index contributed by atoms with van der Waals surface area (Å²) in [4.78, 5) is 44.4. The van der Waals surface area contributed by atoms with Gasteiger partial charge < -0.3 is 14.5 Å². The number of nitrogens with one attached hydrogen (secondary N) is 2. The third-order valence-corrected chi connectivity index (χ3v) is 5.39. The van der Waals surface area contributed by atoms with E-state index in [0.29, 0.717) is 16.5 Å². The van der Waals surface area contributed by atoms with E-state index in [2.05, 4.69) is 10.3 Å². The lowest BCUT2D eigenvalue weighted by molar-refractivity contribution is -0.122. The molecule has 3 amide bonds. The van der Waals surface area contributed by atoms with E-state index in [1.807, 2.05) is 0 Å². The summed E-state index contributed by atoms with van der Waals surface area (Å²) in [6, 6.07) is 10.7. The van der Waals surface area contributed by atoms with Gasteiger partial charge in [0.15, 0.2) is 5.54 Å². The number of benzene rings is 2. The number of carbonyl (C=O) groups excluding carboxylic acids is 3. The van der Waals surface area contributed by atoms with Gasteiger partial charge in [-0.3, -0.25) is 10.1 Å². The molecule has 9 heteroatoms. The van der Waals surface area contributed by atoms with Crippen LogP contribution in [-0.2, 0) is 19.8 Å². The summed E-state index contributed by atoms with van der Waals surface area (Å²) in [6.45, 7) is 10.1. The Morgan fingerprint density at radius 1 is 0.971 bits per heavy atom. The largest absolute Gasteiger partial charge is 0.444 e. The minimum Gasteiger partial charge on any atom is -0.444 e. The Hall–Kier alpha value is -3.88. The molecule has 2 N–H and O–H groups in total. The molecule has 1 aromatic heterocycles. The van der Waals surface area contributed by atoms with Gasteiger partial charge in [-0.15, -0.1) is 0 Å². The van der Waals surface area contributed by atoms with Gasteiger partial charge in [-0.2, -0.15) is 0 Å². The number of alkyl carbamates (subject to hydrolysis) is 1. The second kappa shape index (κ2) is 8.11. The molecule has 0 aliphatic carbocycles. The molecule has 1 aliphatic heterocycles. The first-order valence-corrected chi connectivity index (χ1v) is 11.2. The molecule has 0 unspecified atom stereocenters. The van der Waals surface area contributed by atoms with Gasteiger partial charge in [-0.1, -0.05) is 18.2 Å². The summed E-state index contributed by atoms with van der Waals surface area (Å²) in [5, 5.41) is 3.08. The Bertz CT molecular complexity index is 1330. The third-order valence-electron chi connectivity index (χ3n) is 5.39. The molecule has 1 aliphatic rings. The fourth-order valence-corrected chi connectivity index (χ4v) is 4.18. The van der Waals surface area contributed by atoms with Gasteiger partial charge >= 0.3 is 12.2 Å². The first kappa shape index (κ1) is 24.3. The van der Waals surface area contributed by atoms with Crippen molar-refractivity contribution in [2.45, 2.75) is 58.3 Å². The summed E-state index contributed by atoms with van der Waals surface area (Å²) in [5.41, 5.74) is -2.24. The highest BCUT2D eigenvalue weighted by Crippen LogP contribution is 2.47. The van der Waals surface area contributed by atoms with E-state index in [9.17, 15) is 18.8 Å². The SMILES string of the molecule is CC(C)(C)OC(=O)N[C@@]1(c2c[nH]c3ccc(F)cc23)C(=O)N(C(=O)OC(C)(C)C)c2ccccc21. The van der Waals surface area contributed by atoms with E-state index in [4.69, 9.17) is 9.47 Å². The van der Waals surface area contributed by atoms with Crippen LogP contribution in [0, 0.1) is 5.82 Å². The van der Waals surface area contributed by atoms with Gasteiger partial charge in [-0.25, -0.2) is 18.9 Å². The Morgan fingerprint density at radius 3 is 2.29 bits per heavy atom. The zero-order chi connectivity index (χ0) is 25.8. The van der Waals surface area contributed by atoms with Gasteiger partial charge in [0.25, 0.3) is 5.91 Å². The van der Waals surface area contributed by atoms with Crippen molar-refractivity contribution in [2.75, 3.05) is 4.90 Å². The molecule has 4 rings (SSSR count). The van der Waals surface area contributed by atoms with E-state index >= 15 is 0 Å². The molecular formula is C26H28FN3O5. The summed E-state index contributed by atoms with van der Waals surface area (Å²) in [5.74, 6) is -1.29. The number of rotatable bonds is 2. The van der Waals surface area contributed by atoms with Gasteiger partial charge in [0.1, 0.15) is 17.0 Å². The number of aromatic amines is 1. The maximum absolute atomic E-state index is 14.3. The molecule has 184 valence electrons. The lowest BCUT2D eigenvalue weighted by Gasteiger charge is -2.31. The maximum atomic E-state index is 14.3. The van der Waals surface area contributed by atoms with Gasteiger partial charge in [0.2, 0.25) is 0 Å². The van der Waals surface area contributed by atoms with Crippen LogP contribution in [0.4, 0.5) is 19.7 Å². The van der Waals surface area contributed by atoms with E-state index in [-0.39, 0.29) is 11.3 Å². The summed E-state index contributed by atoms with van der Waals surface area (Å²) in [6.07, 6.45) is -0.249. The number of hydrogen-bond donors (Lipinski definition) is 2. The predicted octanol–water partition coefficient (Wildman–Crippen LogP) is 5.36. The number of nitrogens with zero attached hydrogens (tertiary/aromatic N) is 1. The third kappa shape index (κ3) is 4.34. The number of halogens is 1. The minimum absolute atomic E-state index is 0.244. The molecular weight excluding hydrogens is 453 g/mol. The first-order valence-electron chi connectivity index (χ1n) is 11.2. The lowest BCUT2D eigenvalue weighted by atomic mass is 9.83. The second-order valence-electron chi connectivity index (χ2n) is 10.4. The first-order chi connectivity index (χ1) is 16.2. The minimum atomic E-state index is -1.89. The number of carbonyl (C=O) groups is 3. The van der Waals surface area contributed by atoms with Gasteiger partial charge in [0, 0.05) is 28.2 Å². The molecule has 0 bridgehead atoms. The molecule has 1 atom stereocenters. The van der Waals surface area contributed by atoms with Crippen LogP contribution in [0.2, 0.25) is 0 Å². The molecule has 35 heavy (non-hydrogen) atoms. The molecule has 0 spiro atoms. The van der Waals surface area contributed by atoms with Crippen LogP contribution in [0.3, 0.4) is 0 Å². The van der Waals surface area contributed by atoms with Crippen molar-refractivity contribution in [3.63, 3.8) is 0 Å². The fourth-order valence-electron chi connectivity index (χ4n) is 4.18. The van der Waals surface area contributed by atoms with Crippen molar-refractivity contribution in [2.24, 2.45) is 0 Å². The Morgan fingerprint density at radius 2 is 1.63 bits per heavy atom. The number of imide groups is 1. The number of para-hydroxylation sites is 1. The van der Waals surface area contributed by atoms with Gasteiger partial charge in [0.05, 0.1) is 5.69 Å². The number of ether oxygens (including phenoxy) is 2. The maximum Gasteiger partial charge on any atom is 0.421 e. The van der Waals surface area contributed by atoms with Crippen LogP contribution < -0.4 is 10.2 Å². The van der Waals surface area contributed by atoms with E-state index < -0.39 is 40.7 Å². The molecule has 0 fully saturated rings. The highest BCUT2D eigenvalue weighted by atomic mass is 19.1. The summed E-state index contributed by atoms with van der Waals surface area (Å²) < 4.78 is 25.3. The van der Waals surface area contributed by atoms with Crippen LogP contribution in [-0.4, -0.2) is 34.3 Å². The van der Waals surface area contributed by atoms with Crippen molar-refractivity contribution in [1.29, 1.82) is 0 Å². The number of fused-ring (bicyclic) bond motifs is 2. The standard InChI is InChI=1S/C26H28FN3O5/c1-24(2,3)34-22(32)29-26(18-14-28-19-12-11-15(27)13-16(18)19)17-9-7-8-10-20(17)30(21(26)31)23(33)35-25(4,5)6/h7-14,28H,1-6H3,(H,29,32)/t26-/m0/s1.